The number of hydrogen-bond donors (Lipinski definition) is 1. The van der Waals surface area contributed by atoms with E-state index < -0.39 is 36.3 Å². The van der Waals surface area contributed by atoms with E-state index >= 15 is 0 Å². The molecule has 0 spiro atoms. The van der Waals surface area contributed by atoms with Crippen LogP contribution < -0.4 is 19.5 Å². The van der Waals surface area contributed by atoms with Crippen LogP contribution in [0.2, 0.25) is 0 Å². The standard InChI is InChI=1S/C31H33FN2O7/c1-19(22-7-5-4-6-8-22)26(15-23-11-12-24(32)16-27(23)39-18-21-9-10-21)41-28(36)17-34-31(37)29-30(40-20(2)35)25(38-3)13-14-33-29/h4-8,11-14,16,19,21,26H,9-10,15,17-18H2,1-3H3,(H,34,37). The highest BCUT2D eigenvalue weighted by molar-refractivity contribution is 5.98. The van der Waals surface area contributed by atoms with Crippen LogP contribution in [0.3, 0.4) is 0 Å². The number of methoxy groups -OCH3 is 1. The first-order valence-corrected chi connectivity index (χ1v) is 13.4. The van der Waals surface area contributed by atoms with Gasteiger partial charge >= 0.3 is 11.9 Å². The third-order valence-corrected chi connectivity index (χ3v) is 6.73. The fourth-order valence-corrected chi connectivity index (χ4v) is 4.27. The molecule has 9 nitrogen and oxygen atoms in total. The minimum absolute atomic E-state index is 0.138. The largest absolute Gasteiger partial charge is 0.493 e. The second-order valence-corrected chi connectivity index (χ2v) is 9.91. The SMILES string of the molecule is COc1ccnc(C(=O)NCC(=O)OC(Cc2ccc(F)cc2OCC2CC2)C(C)c2ccccc2)c1OC(C)=O. The number of aromatic nitrogens is 1. The van der Waals surface area contributed by atoms with Crippen molar-refractivity contribution in [3.05, 3.63) is 83.4 Å². The van der Waals surface area contributed by atoms with Crippen molar-refractivity contribution in [3.63, 3.8) is 0 Å². The lowest BCUT2D eigenvalue weighted by Gasteiger charge is -2.26. The zero-order valence-corrected chi connectivity index (χ0v) is 23.2. The molecular formula is C31H33FN2O7. The van der Waals surface area contributed by atoms with E-state index in [-0.39, 0.29) is 29.5 Å². The van der Waals surface area contributed by atoms with Gasteiger partial charge < -0.3 is 24.3 Å². The average Bonchev–Trinajstić information content (AvgIpc) is 3.80. The van der Waals surface area contributed by atoms with Gasteiger partial charge in [0.15, 0.2) is 11.4 Å². The maximum absolute atomic E-state index is 14.1. The summed E-state index contributed by atoms with van der Waals surface area (Å²) in [5.41, 5.74) is 1.44. The van der Waals surface area contributed by atoms with E-state index in [1.165, 1.54) is 38.4 Å². The summed E-state index contributed by atoms with van der Waals surface area (Å²) in [4.78, 5) is 41.4. The molecule has 1 aliphatic rings. The first kappa shape index (κ1) is 29.5. The number of halogens is 1. The number of nitrogens with zero attached hydrogens (tertiary/aromatic N) is 1. The highest BCUT2D eigenvalue weighted by Crippen LogP contribution is 2.33. The zero-order chi connectivity index (χ0) is 29.4. The Kier molecular flexibility index (Phi) is 9.89. The number of amides is 1. The minimum Gasteiger partial charge on any atom is -0.493 e. The summed E-state index contributed by atoms with van der Waals surface area (Å²) in [7, 11) is 1.36. The Balaban J connectivity index is 1.49. The topological polar surface area (TPSA) is 113 Å². The number of rotatable bonds is 13. The Morgan fingerprint density at radius 3 is 2.51 bits per heavy atom. The molecule has 0 saturated heterocycles. The van der Waals surface area contributed by atoms with Gasteiger partial charge in [0, 0.05) is 37.6 Å². The summed E-state index contributed by atoms with van der Waals surface area (Å²) in [6.45, 7) is 3.16. The van der Waals surface area contributed by atoms with Gasteiger partial charge in [0.25, 0.3) is 5.91 Å². The van der Waals surface area contributed by atoms with Gasteiger partial charge in [-0.25, -0.2) is 9.37 Å². The molecule has 0 bridgehead atoms. The predicted octanol–water partition coefficient (Wildman–Crippen LogP) is 4.63. The predicted molar refractivity (Wildman–Crippen MR) is 147 cm³/mol. The van der Waals surface area contributed by atoms with Crippen LogP contribution in [-0.4, -0.2) is 49.2 Å². The maximum Gasteiger partial charge on any atom is 0.325 e. The van der Waals surface area contributed by atoms with Gasteiger partial charge in [-0.3, -0.25) is 14.4 Å². The van der Waals surface area contributed by atoms with Crippen LogP contribution in [0.1, 0.15) is 54.2 Å². The lowest BCUT2D eigenvalue weighted by molar-refractivity contribution is -0.148. The molecule has 1 amide bonds. The molecule has 1 aliphatic carbocycles. The molecule has 1 heterocycles. The second-order valence-electron chi connectivity index (χ2n) is 9.91. The normalized spacial score (nSPS) is 14.0. The number of nitrogens with one attached hydrogen (secondary N) is 1. The van der Waals surface area contributed by atoms with Crippen LogP contribution in [0.25, 0.3) is 0 Å². The lowest BCUT2D eigenvalue weighted by atomic mass is 9.90. The van der Waals surface area contributed by atoms with Gasteiger partial charge in [-0.1, -0.05) is 43.3 Å². The van der Waals surface area contributed by atoms with E-state index in [0.717, 1.165) is 18.4 Å². The molecular weight excluding hydrogens is 531 g/mol. The van der Waals surface area contributed by atoms with Crippen LogP contribution >= 0.6 is 0 Å². The van der Waals surface area contributed by atoms with Crippen LogP contribution in [0, 0.1) is 11.7 Å². The Hall–Kier alpha value is -4.47. The van der Waals surface area contributed by atoms with Gasteiger partial charge in [-0.05, 0) is 36.0 Å². The Morgan fingerprint density at radius 1 is 1.07 bits per heavy atom. The number of esters is 2. The highest BCUT2D eigenvalue weighted by atomic mass is 19.1. The van der Waals surface area contributed by atoms with Crippen molar-refractivity contribution in [2.45, 2.75) is 45.1 Å². The molecule has 1 N–H and O–H groups in total. The summed E-state index contributed by atoms with van der Waals surface area (Å²) >= 11 is 0. The number of carbonyl (C=O) groups excluding carboxylic acids is 3. The van der Waals surface area contributed by atoms with Crippen LogP contribution in [0.4, 0.5) is 4.39 Å². The lowest BCUT2D eigenvalue weighted by Crippen LogP contribution is -2.35. The van der Waals surface area contributed by atoms with E-state index in [1.54, 1.807) is 6.07 Å². The fourth-order valence-electron chi connectivity index (χ4n) is 4.27. The van der Waals surface area contributed by atoms with Crippen molar-refractivity contribution in [1.29, 1.82) is 0 Å². The highest BCUT2D eigenvalue weighted by Gasteiger charge is 2.27. The van der Waals surface area contributed by atoms with E-state index in [9.17, 15) is 18.8 Å². The average molecular weight is 565 g/mol. The Bertz CT molecular complexity index is 1380. The summed E-state index contributed by atoms with van der Waals surface area (Å²) in [6, 6.07) is 15.4. The first-order chi connectivity index (χ1) is 19.7. The van der Waals surface area contributed by atoms with Crippen molar-refractivity contribution in [1.82, 2.24) is 10.3 Å². The van der Waals surface area contributed by atoms with Gasteiger partial charge in [0.2, 0.25) is 5.75 Å². The zero-order valence-electron chi connectivity index (χ0n) is 23.2. The van der Waals surface area contributed by atoms with Crippen molar-refractivity contribution >= 4 is 17.8 Å². The summed E-state index contributed by atoms with van der Waals surface area (Å²) in [5.74, 6) is -1.86. The number of carbonyl (C=O) groups is 3. The number of benzene rings is 2. The molecule has 0 aliphatic heterocycles. The van der Waals surface area contributed by atoms with Gasteiger partial charge in [0.05, 0.1) is 13.7 Å². The third-order valence-electron chi connectivity index (χ3n) is 6.73. The fraction of sp³-hybridized carbons (Fsp3) is 0.355. The number of ether oxygens (including phenoxy) is 4. The minimum atomic E-state index is -0.751. The molecule has 0 radical (unpaired) electrons. The van der Waals surface area contributed by atoms with Crippen LogP contribution in [-0.2, 0) is 20.7 Å². The van der Waals surface area contributed by atoms with E-state index in [0.29, 0.717) is 23.8 Å². The first-order valence-electron chi connectivity index (χ1n) is 13.4. The summed E-state index contributed by atoms with van der Waals surface area (Å²) < 4.78 is 36.2. The van der Waals surface area contributed by atoms with Crippen molar-refractivity contribution in [3.8, 4) is 17.2 Å². The number of hydrogen-bond acceptors (Lipinski definition) is 8. The summed E-state index contributed by atoms with van der Waals surface area (Å²) in [5, 5.41) is 2.47. The maximum atomic E-state index is 14.1. The van der Waals surface area contributed by atoms with Crippen LogP contribution in [0.5, 0.6) is 17.2 Å². The van der Waals surface area contributed by atoms with Gasteiger partial charge in [-0.15, -0.1) is 0 Å². The van der Waals surface area contributed by atoms with Crippen molar-refractivity contribution in [2.24, 2.45) is 5.92 Å². The monoisotopic (exact) mass is 564 g/mol. The van der Waals surface area contributed by atoms with Crippen LogP contribution in [0.15, 0.2) is 60.8 Å². The quantitative estimate of drug-likeness (QED) is 0.299. The molecule has 3 aromatic rings. The van der Waals surface area contributed by atoms with Crippen molar-refractivity contribution in [2.75, 3.05) is 20.3 Å². The molecule has 4 rings (SSSR count). The molecule has 2 unspecified atom stereocenters. The van der Waals surface area contributed by atoms with Gasteiger partial charge in [0.1, 0.15) is 24.2 Å². The molecule has 2 atom stereocenters. The molecule has 216 valence electrons. The summed E-state index contributed by atoms with van der Waals surface area (Å²) in [6.07, 6.45) is 3.12. The number of pyridine rings is 1. The molecule has 1 fully saturated rings. The smallest absolute Gasteiger partial charge is 0.325 e. The molecule has 1 saturated carbocycles. The second kappa shape index (κ2) is 13.7. The Morgan fingerprint density at radius 2 is 1.83 bits per heavy atom. The van der Waals surface area contributed by atoms with E-state index in [4.69, 9.17) is 18.9 Å². The van der Waals surface area contributed by atoms with E-state index in [1.807, 2.05) is 37.3 Å². The van der Waals surface area contributed by atoms with E-state index in [2.05, 4.69) is 10.3 Å². The molecule has 2 aromatic carbocycles. The Labute approximate surface area is 238 Å². The molecule has 10 heteroatoms. The molecule has 41 heavy (non-hydrogen) atoms. The van der Waals surface area contributed by atoms with Crippen molar-refractivity contribution < 1.29 is 37.7 Å². The third kappa shape index (κ3) is 8.26. The van der Waals surface area contributed by atoms with Gasteiger partial charge in [-0.2, -0.15) is 0 Å². The molecule has 1 aromatic heterocycles.